The van der Waals surface area contributed by atoms with Crippen LogP contribution in [0.25, 0.3) is 0 Å². The van der Waals surface area contributed by atoms with Crippen LogP contribution in [0.2, 0.25) is 0 Å². The van der Waals surface area contributed by atoms with Gasteiger partial charge in [-0.25, -0.2) is 4.79 Å². The highest BCUT2D eigenvalue weighted by atomic mass is 16.5. The van der Waals surface area contributed by atoms with Gasteiger partial charge in [-0.1, -0.05) is 0 Å². The van der Waals surface area contributed by atoms with Gasteiger partial charge in [0, 0.05) is 13.0 Å². The van der Waals surface area contributed by atoms with E-state index in [1.807, 2.05) is 0 Å². The van der Waals surface area contributed by atoms with Crippen LogP contribution < -0.4 is 5.32 Å². The summed E-state index contributed by atoms with van der Waals surface area (Å²) in [4.78, 5) is 33.0. The highest BCUT2D eigenvalue weighted by molar-refractivity contribution is 5.86. The van der Waals surface area contributed by atoms with Crippen LogP contribution in [0, 0.1) is 0 Å². The van der Waals surface area contributed by atoms with Crippen molar-refractivity contribution in [3.05, 3.63) is 0 Å². The molecule has 102 valence electrons. The third-order valence-electron chi connectivity index (χ3n) is 2.73. The van der Waals surface area contributed by atoms with E-state index in [0.717, 1.165) is 12.8 Å². The minimum absolute atomic E-state index is 0.136. The van der Waals surface area contributed by atoms with E-state index in [0.29, 0.717) is 13.0 Å². The molecular formula is C11H17NO6. The smallest absolute Gasteiger partial charge is 0.326 e. The van der Waals surface area contributed by atoms with E-state index in [-0.39, 0.29) is 12.8 Å². The molecule has 1 heterocycles. The Hall–Kier alpha value is -1.63. The van der Waals surface area contributed by atoms with E-state index in [1.165, 1.54) is 0 Å². The summed E-state index contributed by atoms with van der Waals surface area (Å²) in [6.45, 7) is 0.491. The Labute approximate surface area is 104 Å². The molecule has 3 N–H and O–H groups in total. The Morgan fingerprint density at radius 3 is 2.50 bits per heavy atom. The zero-order chi connectivity index (χ0) is 13.5. The molecule has 0 aromatic rings. The molecule has 0 spiro atoms. The van der Waals surface area contributed by atoms with E-state index < -0.39 is 30.0 Å². The number of hydrogen-bond acceptors (Lipinski definition) is 4. The zero-order valence-electron chi connectivity index (χ0n) is 9.92. The van der Waals surface area contributed by atoms with E-state index in [2.05, 4.69) is 5.32 Å². The van der Waals surface area contributed by atoms with Crippen molar-refractivity contribution in [3.8, 4) is 0 Å². The molecule has 1 amide bonds. The minimum Gasteiger partial charge on any atom is -0.481 e. The average Bonchev–Trinajstić information content (AvgIpc) is 2.34. The van der Waals surface area contributed by atoms with Crippen LogP contribution in [0.1, 0.15) is 32.1 Å². The fourth-order valence-electron chi connectivity index (χ4n) is 1.74. The molecule has 1 fully saturated rings. The fraction of sp³-hybridized carbons (Fsp3) is 0.727. The lowest BCUT2D eigenvalue weighted by atomic mass is 10.1. The summed E-state index contributed by atoms with van der Waals surface area (Å²) >= 11 is 0. The number of amides is 1. The van der Waals surface area contributed by atoms with Crippen LogP contribution in [0.5, 0.6) is 0 Å². The first-order chi connectivity index (χ1) is 8.50. The topological polar surface area (TPSA) is 113 Å². The van der Waals surface area contributed by atoms with Crippen molar-refractivity contribution < 1.29 is 29.3 Å². The summed E-state index contributed by atoms with van der Waals surface area (Å²) in [6, 6.07) is -1.18. The van der Waals surface area contributed by atoms with E-state index in [4.69, 9.17) is 14.9 Å². The molecule has 0 bridgehead atoms. The van der Waals surface area contributed by atoms with Gasteiger partial charge in [0.05, 0.1) is 0 Å². The Morgan fingerprint density at radius 1 is 1.28 bits per heavy atom. The number of carbonyl (C=O) groups is 3. The first-order valence-corrected chi connectivity index (χ1v) is 5.87. The molecule has 1 saturated heterocycles. The van der Waals surface area contributed by atoms with Gasteiger partial charge in [0.25, 0.3) is 0 Å². The summed E-state index contributed by atoms with van der Waals surface area (Å²) in [7, 11) is 0. The lowest BCUT2D eigenvalue weighted by molar-refractivity contribution is -0.146. The highest BCUT2D eigenvalue weighted by Gasteiger charge is 2.27. The van der Waals surface area contributed by atoms with E-state index >= 15 is 0 Å². The van der Waals surface area contributed by atoms with Gasteiger partial charge in [-0.3, -0.25) is 9.59 Å². The Kier molecular flexibility index (Phi) is 5.57. The molecule has 0 aromatic carbocycles. The monoisotopic (exact) mass is 259 g/mol. The standard InChI is InChI=1S/C11H17NO6/c13-9(14)5-4-7(11(16)17)12-10(15)8-3-1-2-6-18-8/h7-8H,1-6H2,(H,12,15)(H,13,14)(H,16,17). The number of carbonyl (C=O) groups excluding carboxylic acids is 1. The number of rotatable bonds is 6. The number of nitrogens with one attached hydrogen (secondary N) is 1. The lowest BCUT2D eigenvalue weighted by Gasteiger charge is -2.23. The maximum atomic E-state index is 11.7. The molecule has 1 aliphatic heterocycles. The number of aliphatic carboxylic acids is 2. The van der Waals surface area contributed by atoms with E-state index in [9.17, 15) is 14.4 Å². The summed E-state index contributed by atoms with van der Waals surface area (Å²) in [5, 5.41) is 19.7. The van der Waals surface area contributed by atoms with Gasteiger partial charge >= 0.3 is 11.9 Å². The van der Waals surface area contributed by atoms with Gasteiger partial charge in [0.15, 0.2) is 0 Å². The van der Waals surface area contributed by atoms with Crippen molar-refractivity contribution in [3.63, 3.8) is 0 Å². The van der Waals surface area contributed by atoms with Crippen LogP contribution >= 0.6 is 0 Å². The van der Waals surface area contributed by atoms with E-state index in [1.54, 1.807) is 0 Å². The van der Waals surface area contributed by atoms with Crippen molar-refractivity contribution in [1.82, 2.24) is 5.32 Å². The van der Waals surface area contributed by atoms with Crippen molar-refractivity contribution in [2.24, 2.45) is 0 Å². The summed E-state index contributed by atoms with van der Waals surface area (Å²) in [5.74, 6) is -2.81. The number of ether oxygens (including phenoxy) is 1. The van der Waals surface area contributed by atoms with Crippen LogP contribution in [0.4, 0.5) is 0 Å². The van der Waals surface area contributed by atoms with Crippen molar-refractivity contribution in [1.29, 1.82) is 0 Å². The van der Waals surface area contributed by atoms with Crippen LogP contribution in [-0.2, 0) is 19.1 Å². The summed E-state index contributed by atoms with van der Waals surface area (Å²) < 4.78 is 5.22. The van der Waals surface area contributed by atoms with Gasteiger partial charge in [-0.05, 0) is 25.7 Å². The first-order valence-electron chi connectivity index (χ1n) is 5.87. The predicted molar refractivity (Wildman–Crippen MR) is 60.0 cm³/mol. The molecule has 1 rings (SSSR count). The molecule has 2 atom stereocenters. The third kappa shape index (κ3) is 4.70. The highest BCUT2D eigenvalue weighted by Crippen LogP contribution is 2.13. The first kappa shape index (κ1) is 14.4. The molecule has 1 aliphatic rings. The molecule has 0 saturated carbocycles. The number of hydrogen-bond donors (Lipinski definition) is 3. The third-order valence-corrected chi connectivity index (χ3v) is 2.73. The van der Waals surface area contributed by atoms with Crippen LogP contribution in [0.15, 0.2) is 0 Å². The Bertz CT molecular complexity index is 323. The predicted octanol–water partition coefficient (Wildman–Crippen LogP) is -0.0103. The molecule has 0 radical (unpaired) electrons. The zero-order valence-corrected chi connectivity index (χ0v) is 9.92. The summed E-state index contributed by atoms with van der Waals surface area (Å²) in [5.41, 5.74) is 0. The van der Waals surface area contributed by atoms with Gasteiger partial charge in [0.1, 0.15) is 12.1 Å². The number of carboxylic acids is 2. The SMILES string of the molecule is O=C(O)CCC(NC(=O)C1CCCCO1)C(=O)O. The van der Waals surface area contributed by atoms with Crippen LogP contribution in [-0.4, -0.2) is 46.8 Å². The Morgan fingerprint density at radius 2 is 2.00 bits per heavy atom. The second-order valence-electron chi connectivity index (χ2n) is 4.19. The molecule has 7 nitrogen and oxygen atoms in total. The fourth-order valence-corrected chi connectivity index (χ4v) is 1.74. The van der Waals surface area contributed by atoms with Gasteiger partial charge in [-0.2, -0.15) is 0 Å². The van der Waals surface area contributed by atoms with Gasteiger partial charge in [0.2, 0.25) is 5.91 Å². The average molecular weight is 259 g/mol. The molecule has 18 heavy (non-hydrogen) atoms. The Balaban J connectivity index is 2.46. The molecule has 7 heteroatoms. The number of carboxylic acid groups (broad SMARTS) is 2. The van der Waals surface area contributed by atoms with Crippen molar-refractivity contribution in [2.45, 2.75) is 44.2 Å². The largest absolute Gasteiger partial charge is 0.481 e. The molecule has 2 unspecified atom stereocenters. The van der Waals surface area contributed by atoms with Gasteiger partial charge < -0.3 is 20.3 Å². The van der Waals surface area contributed by atoms with Crippen LogP contribution in [0.3, 0.4) is 0 Å². The summed E-state index contributed by atoms with van der Waals surface area (Å²) in [6.07, 6.45) is 1.27. The molecular weight excluding hydrogens is 242 g/mol. The maximum Gasteiger partial charge on any atom is 0.326 e. The second kappa shape index (κ2) is 6.95. The molecule has 0 aromatic heterocycles. The quantitative estimate of drug-likeness (QED) is 0.618. The van der Waals surface area contributed by atoms with Crippen molar-refractivity contribution >= 4 is 17.8 Å². The normalized spacial score (nSPS) is 21.0. The second-order valence-corrected chi connectivity index (χ2v) is 4.19. The molecule has 0 aliphatic carbocycles. The van der Waals surface area contributed by atoms with Crippen molar-refractivity contribution in [2.75, 3.05) is 6.61 Å². The van der Waals surface area contributed by atoms with Gasteiger partial charge in [-0.15, -0.1) is 0 Å². The lowest BCUT2D eigenvalue weighted by Crippen LogP contribution is -2.47. The maximum absolute atomic E-state index is 11.7. The minimum atomic E-state index is -1.24.